The second kappa shape index (κ2) is 3.73. The minimum Gasteiger partial charge on any atom is -0.370 e. The van der Waals surface area contributed by atoms with Crippen LogP contribution in [0.1, 0.15) is 46.5 Å². The van der Waals surface area contributed by atoms with Crippen LogP contribution in [-0.2, 0) is 18.9 Å². The van der Waals surface area contributed by atoms with E-state index in [4.69, 9.17) is 18.9 Å². The monoisotopic (exact) mass is 268 g/mol. The van der Waals surface area contributed by atoms with E-state index < -0.39 is 0 Å². The quantitative estimate of drug-likeness (QED) is 0.663. The fraction of sp³-hybridized carbons (Fsp3) is 1.00. The summed E-state index contributed by atoms with van der Waals surface area (Å²) in [6.07, 6.45) is 5.64. The Balaban J connectivity index is 1.20. The summed E-state index contributed by atoms with van der Waals surface area (Å²) in [7, 11) is 0. The molecule has 0 spiro atoms. The van der Waals surface area contributed by atoms with Gasteiger partial charge in [0, 0.05) is 0 Å². The lowest BCUT2D eigenvalue weighted by molar-refractivity contribution is 0.215. The van der Waals surface area contributed by atoms with Crippen molar-refractivity contribution in [2.75, 3.05) is 13.2 Å². The summed E-state index contributed by atoms with van der Waals surface area (Å²) in [6, 6.07) is 0. The highest BCUT2D eigenvalue weighted by Gasteiger charge is 2.60. The molecule has 4 aliphatic heterocycles. The average molecular weight is 268 g/mol. The Morgan fingerprint density at radius 1 is 1.00 bits per heavy atom. The van der Waals surface area contributed by atoms with Crippen LogP contribution < -0.4 is 0 Å². The van der Waals surface area contributed by atoms with E-state index in [9.17, 15) is 0 Å². The van der Waals surface area contributed by atoms with Gasteiger partial charge in [0.2, 0.25) is 0 Å². The molecule has 4 saturated heterocycles. The highest BCUT2D eigenvalue weighted by Crippen LogP contribution is 2.50. The fourth-order valence-corrected chi connectivity index (χ4v) is 3.34. The highest BCUT2D eigenvalue weighted by molar-refractivity contribution is 5.08. The predicted molar refractivity (Wildman–Crippen MR) is 69.1 cm³/mol. The molecule has 0 N–H and O–H groups in total. The van der Waals surface area contributed by atoms with Crippen LogP contribution in [0, 0.1) is 0 Å². The minimum absolute atomic E-state index is 0.0639. The molecule has 0 aromatic heterocycles. The predicted octanol–water partition coefficient (Wildman–Crippen LogP) is 2.05. The molecule has 4 rings (SSSR count). The zero-order valence-corrected chi connectivity index (χ0v) is 12.1. The smallest absolute Gasteiger partial charge is 0.120 e. The van der Waals surface area contributed by atoms with Gasteiger partial charge in [-0.2, -0.15) is 0 Å². The molecule has 4 fully saturated rings. The highest BCUT2D eigenvalue weighted by atomic mass is 16.7. The molecule has 4 aliphatic rings. The standard InChI is InChI=1S/C15H24O4/c1-13(2)10(18-13)4-6-14(3)11(19-14)5-7-15(9-17-15)12-8-16-12/h10-12H,4-9H2,1-3H3. The SMILES string of the molecule is CC1(C)OC1CCC1(C)OC1CCC1(C2CO2)CO1. The van der Waals surface area contributed by atoms with E-state index in [1.165, 1.54) is 0 Å². The van der Waals surface area contributed by atoms with Crippen LogP contribution in [0.5, 0.6) is 0 Å². The van der Waals surface area contributed by atoms with Crippen molar-refractivity contribution in [3.63, 3.8) is 0 Å². The van der Waals surface area contributed by atoms with E-state index in [1.54, 1.807) is 0 Å². The van der Waals surface area contributed by atoms with E-state index in [0.29, 0.717) is 18.3 Å². The number of epoxide rings is 4. The molecule has 0 aliphatic carbocycles. The topological polar surface area (TPSA) is 50.1 Å². The lowest BCUT2D eigenvalue weighted by atomic mass is 9.92. The van der Waals surface area contributed by atoms with Crippen LogP contribution in [0.15, 0.2) is 0 Å². The van der Waals surface area contributed by atoms with E-state index in [-0.39, 0.29) is 16.8 Å². The number of ether oxygens (including phenoxy) is 4. The van der Waals surface area contributed by atoms with Crippen molar-refractivity contribution in [3.8, 4) is 0 Å². The van der Waals surface area contributed by atoms with Gasteiger partial charge in [-0.3, -0.25) is 0 Å². The third kappa shape index (κ3) is 2.33. The molecule has 5 unspecified atom stereocenters. The lowest BCUT2D eigenvalue weighted by Gasteiger charge is -2.08. The van der Waals surface area contributed by atoms with E-state index in [2.05, 4.69) is 20.8 Å². The van der Waals surface area contributed by atoms with Crippen molar-refractivity contribution in [3.05, 3.63) is 0 Å². The van der Waals surface area contributed by atoms with Gasteiger partial charge in [-0.25, -0.2) is 0 Å². The first-order valence-corrected chi connectivity index (χ1v) is 7.55. The molecule has 5 atom stereocenters. The van der Waals surface area contributed by atoms with Crippen molar-refractivity contribution >= 4 is 0 Å². The molecule has 0 aromatic rings. The number of rotatable bonds is 7. The van der Waals surface area contributed by atoms with Crippen LogP contribution in [0.25, 0.3) is 0 Å². The van der Waals surface area contributed by atoms with Crippen LogP contribution in [0.4, 0.5) is 0 Å². The fourth-order valence-electron chi connectivity index (χ4n) is 3.34. The summed E-state index contributed by atoms with van der Waals surface area (Å²) in [4.78, 5) is 0. The maximum Gasteiger partial charge on any atom is 0.120 e. The van der Waals surface area contributed by atoms with Crippen molar-refractivity contribution in [2.45, 2.75) is 81.6 Å². The zero-order chi connectivity index (χ0) is 13.3. The maximum atomic E-state index is 5.92. The minimum atomic E-state index is 0.0639. The Morgan fingerprint density at radius 2 is 1.63 bits per heavy atom. The van der Waals surface area contributed by atoms with Crippen molar-refractivity contribution in [2.24, 2.45) is 0 Å². The molecular weight excluding hydrogens is 244 g/mol. The van der Waals surface area contributed by atoms with Crippen molar-refractivity contribution < 1.29 is 18.9 Å². The molecule has 0 aromatic carbocycles. The summed E-state index contributed by atoms with van der Waals surface area (Å²) in [5.41, 5.74) is 0.257. The first kappa shape index (κ1) is 12.6. The van der Waals surface area contributed by atoms with E-state index >= 15 is 0 Å². The number of hydrogen-bond acceptors (Lipinski definition) is 4. The molecule has 0 saturated carbocycles. The summed E-state index contributed by atoms with van der Waals surface area (Å²) in [6.45, 7) is 8.33. The van der Waals surface area contributed by atoms with E-state index in [1.807, 2.05) is 0 Å². The van der Waals surface area contributed by atoms with Crippen LogP contribution in [0.3, 0.4) is 0 Å². The summed E-state index contributed by atoms with van der Waals surface area (Å²) >= 11 is 0. The third-order valence-electron chi connectivity index (χ3n) is 5.37. The van der Waals surface area contributed by atoms with Crippen LogP contribution >= 0.6 is 0 Å². The second-order valence-electron chi connectivity index (χ2n) is 7.38. The van der Waals surface area contributed by atoms with Gasteiger partial charge >= 0.3 is 0 Å². The summed E-state index contributed by atoms with van der Waals surface area (Å²) in [5, 5.41) is 0. The molecule has 0 amide bonds. The molecule has 0 radical (unpaired) electrons. The summed E-state index contributed by atoms with van der Waals surface area (Å²) in [5.74, 6) is 0. The molecule has 4 nitrogen and oxygen atoms in total. The van der Waals surface area contributed by atoms with E-state index in [0.717, 1.165) is 38.9 Å². The molecule has 4 heterocycles. The van der Waals surface area contributed by atoms with Crippen LogP contribution in [-0.4, -0.2) is 48.3 Å². The molecule has 4 heteroatoms. The first-order valence-electron chi connectivity index (χ1n) is 7.55. The Bertz CT molecular complexity index is 386. The van der Waals surface area contributed by atoms with Crippen molar-refractivity contribution in [1.29, 1.82) is 0 Å². The van der Waals surface area contributed by atoms with Gasteiger partial charge in [0.1, 0.15) is 11.7 Å². The van der Waals surface area contributed by atoms with Gasteiger partial charge in [0.05, 0.1) is 36.6 Å². The molecular formula is C15H24O4. The second-order valence-corrected chi connectivity index (χ2v) is 7.38. The van der Waals surface area contributed by atoms with Crippen LogP contribution in [0.2, 0.25) is 0 Å². The normalized spacial score (nSPS) is 52.9. The Morgan fingerprint density at radius 3 is 2.16 bits per heavy atom. The van der Waals surface area contributed by atoms with Gasteiger partial charge in [-0.05, 0) is 46.5 Å². The Hall–Kier alpha value is -0.160. The van der Waals surface area contributed by atoms with Gasteiger partial charge in [-0.1, -0.05) is 0 Å². The average Bonchev–Trinajstić information content (AvgIpc) is 3.15. The zero-order valence-electron chi connectivity index (χ0n) is 12.1. The maximum absolute atomic E-state index is 5.92. The lowest BCUT2D eigenvalue weighted by Crippen LogP contribution is -2.21. The van der Waals surface area contributed by atoms with Gasteiger partial charge in [0.15, 0.2) is 0 Å². The van der Waals surface area contributed by atoms with Crippen molar-refractivity contribution in [1.82, 2.24) is 0 Å². The number of hydrogen-bond donors (Lipinski definition) is 0. The molecule has 0 bridgehead atoms. The third-order valence-corrected chi connectivity index (χ3v) is 5.37. The molecule has 19 heavy (non-hydrogen) atoms. The first-order chi connectivity index (χ1) is 8.94. The largest absolute Gasteiger partial charge is 0.370 e. The molecule has 108 valence electrons. The van der Waals surface area contributed by atoms with Gasteiger partial charge in [0.25, 0.3) is 0 Å². The van der Waals surface area contributed by atoms with Gasteiger partial charge < -0.3 is 18.9 Å². The Labute approximate surface area is 114 Å². The summed E-state index contributed by atoms with van der Waals surface area (Å²) < 4.78 is 22.5. The van der Waals surface area contributed by atoms with Gasteiger partial charge in [-0.15, -0.1) is 0 Å². The Kier molecular flexibility index (Phi) is 2.47.